The Morgan fingerprint density at radius 3 is 2.83 bits per heavy atom. The average molecular weight is 334 g/mol. The second kappa shape index (κ2) is 5.73. The molecule has 0 N–H and O–H groups in total. The summed E-state index contributed by atoms with van der Waals surface area (Å²) in [6.45, 7) is 6.37. The predicted molar refractivity (Wildman–Crippen MR) is 85.9 cm³/mol. The van der Waals surface area contributed by atoms with E-state index < -0.39 is 5.60 Å². The minimum Gasteiger partial charge on any atom is -0.444 e. The Morgan fingerprint density at radius 2 is 2.09 bits per heavy atom. The van der Waals surface area contributed by atoms with E-state index in [2.05, 4.69) is 19.9 Å². The number of carbonyl (C=O) groups excluding carboxylic acids is 1. The molecule has 0 bridgehead atoms. The number of rotatable bonds is 1. The van der Waals surface area contributed by atoms with Crippen LogP contribution < -0.4 is 0 Å². The third-order valence-corrected chi connectivity index (χ3v) is 3.47. The maximum absolute atomic E-state index is 12.1. The fourth-order valence-electron chi connectivity index (χ4n) is 2.16. The number of ether oxygens (including phenoxy) is 1. The quantitative estimate of drug-likeness (QED) is 0.746. The van der Waals surface area contributed by atoms with Crippen molar-refractivity contribution in [2.45, 2.75) is 26.4 Å². The van der Waals surface area contributed by atoms with E-state index >= 15 is 0 Å². The van der Waals surface area contributed by atoms with Gasteiger partial charge in [-0.2, -0.15) is 0 Å². The van der Waals surface area contributed by atoms with E-state index in [1.165, 1.54) is 6.33 Å². The number of hydrogen-bond acceptors (Lipinski definition) is 6. The standard InChI is InChI=1S/C15H16ClN5O2/c1-15(2,3)23-14(22)21-5-4-9(7-21)13-17-6-10-11(20-13)12(16)19-8-18-10/h4,6,8H,5,7H2,1-3H3. The molecule has 7 nitrogen and oxygen atoms in total. The first-order valence-electron chi connectivity index (χ1n) is 7.14. The lowest BCUT2D eigenvalue weighted by Crippen LogP contribution is -2.35. The van der Waals surface area contributed by atoms with Crippen molar-refractivity contribution in [3.63, 3.8) is 0 Å². The lowest BCUT2D eigenvalue weighted by molar-refractivity contribution is 0.0306. The van der Waals surface area contributed by atoms with Crippen LogP contribution in [0.25, 0.3) is 16.6 Å². The highest BCUT2D eigenvalue weighted by Crippen LogP contribution is 2.23. The summed E-state index contributed by atoms with van der Waals surface area (Å²) in [5.74, 6) is 0.514. The summed E-state index contributed by atoms with van der Waals surface area (Å²) >= 11 is 6.04. The molecule has 2 aromatic rings. The molecule has 1 aliphatic heterocycles. The van der Waals surface area contributed by atoms with Crippen LogP contribution in [0.4, 0.5) is 4.79 Å². The van der Waals surface area contributed by atoms with Crippen molar-refractivity contribution < 1.29 is 9.53 Å². The van der Waals surface area contributed by atoms with E-state index in [0.29, 0.717) is 29.9 Å². The van der Waals surface area contributed by atoms with Crippen LogP contribution in [0, 0.1) is 0 Å². The lowest BCUT2D eigenvalue weighted by Gasteiger charge is -2.24. The fraction of sp³-hybridized carbons (Fsp3) is 0.400. The van der Waals surface area contributed by atoms with Gasteiger partial charge in [-0.3, -0.25) is 0 Å². The van der Waals surface area contributed by atoms with E-state index in [-0.39, 0.29) is 11.2 Å². The number of fused-ring (bicyclic) bond motifs is 1. The van der Waals surface area contributed by atoms with Gasteiger partial charge in [-0.25, -0.2) is 24.7 Å². The molecule has 0 saturated heterocycles. The topological polar surface area (TPSA) is 81.1 Å². The molecule has 0 unspecified atom stereocenters. The van der Waals surface area contributed by atoms with Crippen molar-refractivity contribution in [1.29, 1.82) is 0 Å². The van der Waals surface area contributed by atoms with Crippen LogP contribution in [-0.4, -0.2) is 49.6 Å². The number of hydrogen-bond donors (Lipinski definition) is 0. The summed E-state index contributed by atoms with van der Waals surface area (Å²) in [6, 6.07) is 0. The number of nitrogens with zero attached hydrogens (tertiary/aromatic N) is 5. The number of carbonyl (C=O) groups is 1. The van der Waals surface area contributed by atoms with Gasteiger partial charge in [0.25, 0.3) is 0 Å². The first-order valence-corrected chi connectivity index (χ1v) is 7.52. The first-order chi connectivity index (χ1) is 10.8. The van der Waals surface area contributed by atoms with E-state index in [1.54, 1.807) is 11.1 Å². The van der Waals surface area contributed by atoms with Crippen molar-refractivity contribution in [3.05, 3.63) is 29.6 Å². The van der Waals surface area contributed by atoms with E-state index in [9.17, 15) is 4.79 Å². The molecular formula is C15H16ClN5O2. The Hall–Kier alpha value is -2.28. The van der Waals surface area contributed by atoms with Crippen molar-refractivity contribution in [3.8, 4) is 0 Å². The summed E-state index contributed by atoms with van der Waals surface area (Å²) in [7, 11) is 0. The molecule has 0 saturated carbocycles. The predicted octanol–water partition coefficient (Wildman–Crippen LogP) is 2.71. The van der Waals surface area contributed by atoms with Crippen molar-refractivity contribution in [1.82, 2.24) is 24.8 Å². The SMILES string of the molecule is CC(C)(C)OC(=O)N1CC=C(c2ncc3ncnc(Cl)c3n2)C1. The minimum absolute atomic E-state index is 0.279. The van der Waals surface area contributed by atoms with Gasteiger partial charge in [0.15, 0.2) is 11.0 Å². The molecule has 23 heavy (non-hydrogen) atoms. The Balaban J connectivity index is 1.79. The van der Waals surface area contributed by atoms with Crippen LogP contribution in [0.15, 0.2) is 18.6 Å². The number of aromatic nitrogens is 4. The van der Waals surface area contributed by atoms with Gasteiger partial charge in [0.05, 0.1) is 12.7 Å². The molecule has 0 atom stereocenters. The Bertz CT molecular complexity index is 800. The molecule has 0 aromatic carbocycles. The Kier molecular flexibility index (Phi) is 3.89. The molecule has 0 fully saturated rings. The van der Waals surface area contributed by atoms with Gasteiger partial charge in [0.1, 0.15) is 23.0 Å². The zero-order valence-corrected chi connectivity index (χ0v) is 13.8. The molecule has 3 rings (SSSR count). The normalized spacial score (nSPS) is 15.0. The smallest absolute Gasteiger partial charge is 0.410 e. The number of amides is 1. The largest absolute Gasteiger partial charge is 0.444 e. The monoisotopic (exact) mass is 333 g/mol. The highest BCUT2D eigenvalue weighted by atomic mass is 35.5. The third kappa shape index (κ3) is 3.39. The van der Waals surface area contributed by atoms with Crippen LogP contribution in [0.2, 0.25) is 5.15 Å². The second-order valence-corrected chi connectivity index (χ2v) is 6.54. The van der Waals surface area contributed by atoms with Crippen LogP contribution in [-0.2, 0) is 4.74 Å². The van der Waals surface area contributed by atoms with Gasteiger partial charge in [0, 0.05) is 12.1 Å². The fourth-order valence-corrected chi connectivity index (χ4v) is 2.34. The van der Waals surface area contributed by atoms with E-state index in [4.69, 9.17) is 16.3 Å². The van der Waals surface area contributed by atoms with E-state index in [1.807, 2.05) is 26.8 Å². The Labute approximate surface area is 138 Å². The number of halogens is 1. The molecule has 1 aliphatic rings. The average Bonchev–Trinajstić information content (AvgIpc) is 2.95. The Morgan fingerprint density at radius 1 is 1.30 bits per heavy atom. The van der Waals surface area contributed by atoms with Gasteiger partial charge < -0.3 is 9.64 Å². The molecule has 120 valence electrons. The van der Waals surface area contributed by atoms with Gasteiger partial charge >= 0.3 is 6.09 Å². The summed E-state index contributed by atoms with van der Waals surface area (Å²) in [5.41, 5.74) is 1.40. The van der Waals surface area contributed by atoms with Crippen LogP contribution in [0.3, 0.4) is 0 Å². The summed E-state index contributed by atoms with van der Waals surface area (Å²) in [6.07, 6.45) is 4.52. The second-order valence-electron chi connectivity index (χ2n) is 6.18. The van der Waals surface area contributed by atoms with E-state index in [0.717, 1.165) is 5.57 Å². The molecule has 0 radical (unpaired) electrons. The highest BCUT2D eigenvalue weighted by Gasteiger charge is 2.26. The molecule has 0 aliphatic carbocycles. The molecule has 2 aromatic heterocycles. The lowest BCUT2D eigenvalue weighted by atomic mass is 10.2. The van der Waals surface area contributed by atoms with Gasteiger partial charge in [0.2, 0.25) is 0 Å². The highest BCUT2D eigenvalue weighted by molar-refractivity contribution is 6.33. The maximum Gasteiger partial charge on any atom is 0.410 e. The maximum atomic E-state index is 12.1. The summed E-state index contributed by atoms with van der Waals surface area (Å²) in [5, 5.41) is 0.279. The van der Waals surface area contributed by atoms with Crippen LogP contribution >= 0.6 is 11.6 Å². The van der Waals surface area contributed by atoms with Crippen LogP contribution in [0.5, 0.6) is 0 Å². The molecule has 1 amide bonds. The van der Waals surface area contributed by atoms with Crippen LogP contribution in [0.1, 0.15) is 26.6 Å². The molecule has 0 spiro atoms. The van der Waals surface area contributed by atoms with Crippen molar-refractivity contribution in [2.75, 3.05) is 13.1 Å². The third-order valence-electron chi connectivity index (χ3n) is 3.19. The molecule has 3 heterocycles. The summed E-state index contributed by atoms with van der Waals surface area (Å²) in [4.78, 5) is 30.4. The van der Waals surface area contributed by atoms with Gasteiger partial charge in [-0.15, -0.1) is 0 Å². The van der Waals surface area contributed by atoms with Crippen molar-refractivity contribution >= 4 is 34.3 Å². The molecule has 8 heteroatoms. The van der Waals surface area contributed by atoms with Gasteiger partial charge in [-0.1, -0.05) is 17.7 Å². The zero-order valence-electron chi connectivity index (χ0n) is 13.1. The minimum atomic E-state index is -0.524. The molecular weight excluding hydrogens is 318 g/mol. The summed E-state index contributed by atoms with van der Waals surface area (Å²) < 4.78 is 5.37. The van der Waals surface area contributed by atoms with Gasteiger partial charge in [-0.05, 0) is 20.8 Å². The van der Waals surface area contributed by atoms with Crippen molar-refractivity contribution in [2.24, 2.45) is 0 Å². The first kappa shape index (κ1) is 15.6. The zero-order chi connectivity index (χ0) is 16.6.